The number of hydrogen-bond donors (Lipinski definition) is 3. The van der Waals surface area contributed by atoms with Crippen LogP contribution in [0.2, 0.25) is 0 Å². The van der Waals surface area contributed by atoms with Gasteiger partial charge >= 0.3 is 6.03 Å². The van der Waals surface area contributed by atoms with E-state index in [4.69, 9.17) is 5.11 Å². The summed E-state index contributed by atoms with van der Waals surface area (Å²) in [5.74, 6) is 0.297. The molecule has 0 spiro atoms. The largest absolute Gasteiger partial charge is 0.396 e. The van der Waals surface area contributed by atoms with Crippen LogP contribution in [0.25, 0.3) is 0 Å². The van der Waals surface area contributed by atoms with Crippen LogP contribution in [0.5, 0.6) is 0 Å². The molecule has 1 aromatic rings. The van der Waals surface area contributed by atoms with Crippen molar-refractivity contribution in [2.24, 2.45) is 5.92 Å². The molecule has 1 fully saturated rings. The Morgan fingerprint density at radius 2 is 1.91 bits per heavy atom. The van der Waals surface area contributed by atoms with Gasteiger partial charge in [-0.3, -0.25) is 0 Å². The maximum Gasteiger partial charge on any atom is 0.314 e. The van der Waals surface area contributed by atoms with Crippen LogP contribution in [0.4, 0.5) is 4.79 Å². The summed E-state index contributed by atoms with van der Waals surface area (Å²) >= 11 is 0. The van der Waals surface area contributed by atoms with Crippen molar-refractivity contribution in [1.29, 1.82) is 0 Å². The third kappa shape index (κ3) is 4.47. The summed E-state index contributed by atoms with van der Waals surface area (Å²) in [6.07, 6.45) is 5.45. The van der Waals surface area contributed by atoms with Crippen molar-refractivity contribution in [3.8, 4) is 0 Å². The first-order valence-corrected chi connectivity index (χ1v) is 8.34. The van der Waals surface area contributed by atoms with E-state index in [9.17, 15) is 4.79 Å². The molecule has 1 atom stereocenters. The van der Waals surface area contributed by atoms with E-state index in [1.54, 1.807) is 0 Å². The Labute approximate surface area is 133 Å². The second-order valence-corrected chi connectivity index (χ2v) is 6.53. The van der Waals surface area contributed by atoms with Crippen molar-refractivity contribution in [3.05, 3.63) is 35.9 Å². The Hall–Kier alpha value is -1.55. The number of hydrogen-bond acceptors (Lipinski definition) is 2. The summed E-state index contributed by atoms with van der Waals surface area (Å²) in [7, 11) is 0. The third-order valence-corrected chi connectivity index (χ3v) is 4.77. The maximum atomic E-state index is 12.0. The number of aliphatic hydroxyl groups is 1. The first kappa shape index (κ1) is 16.8. The number of aliphatic hydroxyl groups excluding tert-OH is 1. The molecule has 0 radical (unpaired) electrons. The van der Waals surface area contributed by atoms with Crippen molar-refractivity contribution in [3.63, 3.8) is 0 Å². The molecule has 4 heteroatoms. The first-order chi connectivity index (χ1) is 10.7. The molecule has 0 aromatic heterocycles. The van der Waals surface area contributed by atoms with Gasteiger partial charge in [0.2, 0.25) is 0 Å². The fourth-order valence-corrected chi connectivity index (χ4v) is 3.31. The van der Waals surface area contributed by atoms with Gasteiger partial charge in [-0.1, -0.05) is 50.1 Å². The predicted octanol–water partition coefficient (Wildman–Crippen LogP) is 2.82. The van der Waals surface area contributed by atoms with E-state index in [-0.39, 0.29) is 18.1 Å². The van der Waals surface area contributed by atoms with Crippen molar-refractivity contribution in [2.75, 3.05) is 19.7 Å². The molecule has 122 valence electrons. The molecule has 1 unspecified atom stereocenters. The van der Waals surface area contributed by atoms with E-state index in [1.807, 2.05) is 13.0 Å². The Balaban J connectivity index is 1.86. The molecule has 4 nitrogen and oxygen atoms in total. The van der Waals surface area contributed by atoms with Crippen molar-refractivity contribution >= 4 is 6.03 Å². The molecular weight excluding hydrogens is 276 g/mol. The molecule has 2 amide bonds. The fraction of sp³-hybridized carbons (Fsp3) is 0.611. The minimum atomic E-state index is -0.105. The van der Waals surface area contributed by atoms with Gasteiger partial charge in [0.05, 0.1) is 0 Å². The van der Waals surface area contributed by atoms with Gasteiger partial charge in [0.1, 0.15) is 0 Å². The van der Waals surface area contributed by atoms with E-state index in [0.29, 0.717) is 25.4 Å². The molecule has 0 bridgehead atoms. The molecular formula is C18H28N2O2. The SMILES string of the molecule is CC(CCO)CNC(=O)NCC1(c2ccccc2)CCCC1. The summed E-state index contributed by atoms with van der Waals surface area (Å²) in [4.78, 5) is 12.0. The van der Waals surface area contributed by atoms with Crippen LogP contribution in [0.15, 0.2) is 30.3 Å². The molecule has 1 aliphatic carbocycles. The monoisotopic (exact) mass is 304 g/mol. The first-order valence-electron chi connectivity index (χ1n) is 8.34. The molecule has 0 saturated heterocycles. The lowest BCUT2D eigenvalue weighted by Gasteiger charge is -2.30. The van der Waals surface area contributed by atoms with Gasteiger partial charge in [0.15, 0.2) is 0 Å². The number of benzene rings is 1. The molecule has 1 aromatic carbocycles. The molecule has 1 saturated carbocycles. The zero-order valence-corrected chi connectivity index (χ0v) is 13.5. The number of carbonyl (C=O) groups excluding carboxylic acids is 1. The van der Waals surface area contributed by atoms with E-state index in [2.05, 4.69) is 34.9 Å². The van der Waals surface area contributed by atoms with Crippen molar-refractivity contribution in [2.45, 2.75) is 44.4 Å². The maximum absolute atomic E-state index is 12.0. The van der Waals surface area contributed by atoms with Crippen LogP contribution in [0, 0.1) is 5.92 Å². The number of nitrogens with one attached hydrogen (secondary N) is 2. The summed E-state index contributed by atoms with van der Waals surface area (Å²) in [5.41, 5.74) is 1.43. The van der Waals surface area contributed by atoms with Gasteiger partial charge < -0.3 is 15.7 Å². The molecule has 3 N–H and O–H groups in total. The molecule has 22 heavy (non-hydrogen) atoms. The molecule has 0 heterocycles. The number of rotatable bonds is 7. The Morgan fingerprint density at radius 1 is 1.23 bits per heavy atom. The summed E-state index contributed by atoms with van der Waals surface area (Å²) < 4.78 is 0. The van der Waals surface area contributed by atoms with Crippen LogP contribution >= 0.6 is 0 Å². The van der Waals surface area contributed by atoms with Crippen LogP contribution in [0.3, 0.4) is 0 Å². The molecule has 2 rings (SSSR count). The van der Waals surface area contributed by atoms with Crippen molar-refractivity contribution in [1.82, 2.24) is 10.6 Å². The van der Waals surface area contributed by atoms with Crippen LogP contribution in [0.1, 0.15) is 44.6 Å². The Bertz CT molecular complexity index is 455. The van der Waals surface area contributed by atoms with Gasteiger partial charge in [0, 0.05) is 25.1 Å². The van der Waals surface area contributed by atoms with Gasteiger partial charge in [-0.15, -0.1) is 0 Å². The van der Waals surface area contributed by atoms with E-state index < -0.39 is 0 Å². The quantitative estimate of drug-likeness (QED) is 0.725. The van der Waals surface area contributed by atoms with E-state index >= 15 is 0 Å². The van der Waals surface area contributed by atoms with Gasteiger partial charge in [-0.25, -0.2) is 4.79 Å². The molecule has 0 aliphatic heterocycles. The minimum Gasteiger partial charge on any atom is -0.396 e. The normalized spacial score (nSPS) is 17.9. The average Bonchev–Trinajstić information content (AvgIpc) is 3.02. The lowest BCUT2D eigenvalue weighted by Crippen LogP contribution is -2.44. The van der Waals surface area contributed by atoms with E-state index in [1.165, 1.54) is 18.4 Å². The Kier molecular flexibility index (Phi) is 6.25. The highest BCUT2D eigenvalue weighted by molar-refractivity contribution is 5.74. The zero-order chi connectivity index (χ0) is 15.8. The minimum absolute atomic E-state index is 0.0926. The van der Waals surface area contributed by atoms with Gasteiger partial charge in [-0.2, -0.15) is 0 Å². The van der Waals surface area contributed by atoms with Gasteiger partial charge in [0.25, 0.3) is 0 Å². The average molecular weight is 304 g/mol. The fourth-order valence-electron chi connectivity index (χ4n) is 3.31. The zero-order valence-electron chi connectivity index (χ0n) is 13.5. The second kappa shape index (κ2) is 8.18. The topological polar surface area (TPSA) is 61.4 Å². The molecule has 1 aliphatic rings. The lowest BCUT2D eigenvalue weighted by atomic mass is 9.79. The highest BCUT2D eigenvalue weighted by Crippen LogP contribution is 2.40. The van der Waals surface area contributed by atoms with Crippen LogP contribution in [-0.4, -0.2) is 30.8 Å². The highest BCUT2D eigenvalue weighted by Gasteiger charge is 2.35. The third-order valence-electron chi connectivity index (χ3n) is 4.77. The standard InChI is InChI=1S/C18H28N2O2/c1-15(9-12-21)13-19-17(22)20-14-18(10-5-6-11-18)16-7-3-2-4-8-16/h2-4,7-8,15,21H,5-6,9-14H2,1H3,(H2,19,20,22). The van der Waals surface area contributed by atoms with Gasteiger partial charge in [-0.05, 0) is 30.7 Å². The van der Waals surface area contributed by atoms with Crippen molar-refractivity contribution < 1.29 is 9.90 Å². The number of carbonyl (C=O) groups is 1. The summed E-state index contributed by atoms with van der Waals surface area (Å²) in [5, 5.41) is 14.8. The summed E-state index contributed by atoms with van der Waals surface area (Å²) in [6.45, 7) is 3.49. The highest BCUT2D eigenvalue weighted by atomic mass is 16.3. The smallest absolute Gasteiger partial charge is 0.314 e. The van der Waals surface area contributed by atoms with Crippen LogP contribution in [-0.2, 0) is 5.41 Å². The second-order valence-electron chi connectivity index (χ2n) is 6.53. The number of urea groups is 1. The summed E-state index contributed by atoms with van der Waals surface area (Å²) in [6, 6.07) is 10.4. The number of amides is 2. The van der Waals surface area contributed by atoms with Crippen LogP contribution < -0.4 is 10.6 Å². The van der Waals surface area contributed by atoms with E-state index in [0.717, 1.165) is 12.8 Å². The Morgan fingerprint density at radius 3 is 2.55 bits per heavy atom. The lowest BCUT2D eigenvalue weighted by molar-refractivity contribution is 0.230. The predicted molar refractivity (Wildman–Crippen MR) is 88.9 cm³/mol.